The van der Waals surface area contributed by atoms with Gasteiger partial charge in [0.2, 0.25) is 0 Å². The van der Waals surface area contributed by atoms with Gasteiger partial charge < -0.3 is 10.1 Å². The Morgan fingerprint density at radius 1 is 1.10 bits per heavy atom. The van der Waals surface area contributed by atoms with Crippen LogP contribution in [-0.2, 0) is 0 Å². The highest BCUT2D eigenvalue weighted by Crippen LogP contribution is 2.34. The van der Waals surface area contributed by atoms with Crippen LogP contribution in [0.4, 0.5) is 14.5 Å². The predicted octanol–water partition coefficient (Wildman–Crippen LogP) is 5.45. The fourth-order valence-corrected chi connectivity index (χ4v) is 2.72. The highest BCUT2D eigenvalue weighted by molar-refractivity contribution is 6.36. The van der Waals surface area contributed by atoms with Crippen molar-refractivity contribution in [1.82, 2.24) is 0 Å². The Labute approximate surface area is 131 Å². The van der Waals surface area contributed by atoms with Gasteiger partial charge in [0.25, 0.3) is 0 Å². The van der Waals surface area contributed by atoms with Crippen molar-refractivity contribution in [2.24, 2.45) is 0 Å². The second-order valence-corrected chi connectivity index (χ2v) is 5.26. The number of halogens is 4. The molecule has 0 heterocycles. The Morgan fingerprint density at radius 3 is 2.43 bits per heavy atom. The molecule has 2 rings (SSSR count). The van der Waals surface area contributed by atoms with Crippen LogP contribution in [0.1, 0.15) is 18.5 Å². The lowest BCUT2D eigenvalue weighted by Gasteiger charge is -2.19. The molecule has 6 heteroatoms. The minimum Gasteiger partial charge on any atom is -0.494 e. The van der Waals surface area contributed by atoms with Crippen LogP contribution in [-0.4, -0.2) is 7.11 Å². The number of nitrogens with one attached hydrogen (secondary N) is 1. The number of methoxy groups -OCH3 is 1. The lowest BCUT2D eigenvalue weighted by Crippen LogP contribution is -2.09. The number of rotatable bonds is 4. The van der Waals surface area contributed by atoms with Gasteiger partial charge >= 0.3 is 0 Å². The minimum absolute atomic E-state index is 0.0449. The summed E-state index contributed by atoms with van der Waals surface area (Å²) >= 11 is 12.0. The third kappa shape index (κ3) is 3.39. The zero-order chi connectivity index (χ0) is 15.6. The van der Waals surface area contributed by atoms with Crippen LogP contribution in [0.3, 0.4) is 0 Å². The van der Waals surface area contributed by atoms with Crippen molar-refractivity contribution < 1.29 is 13.5 Å². The van der Waals surface area contributed by atoms with Crippen LogP contribution in [0, 0.1) is 11.6 Å². The molecule has 1 unspecified atom stereocenters. The van der Waals surface area contributed by atoms with Gasteiger partial charge in [-0.05, 0) is 31.2 Å². The molecule has 1 atom stereocenters. The van der Waals surface area contributed by atoms with Crippen molar-refractivity contribution in [1.29, 1.82) is 0 Å². The third-order valence-electron chi connectivity index (χ3n) is 3.05. The molecule has 2 aromatic carbocycles. The van der Waals surface area contributed by atoms with E-state index in [9.17, 15) is 8.78 Å². The molecular weight excluding hydrogens is 319 g/mol. The fraction of sp³-hybridized carbons (Fsp3) is 0.200. The van der Waals surface area contributed by atoms with Gasteiger partial charge in [0.1, 0.15) is 5.82 Å². The van der Waals surface area contributed by atoms with Gasteiger partial charge in [-0.3, -0.25) is 0 Å². The second-order valence-electron chi connectivity index (χ2n) is 4.47. The standard InChI is InChI=1S/C15H13Cl2F2NO/c1-8(14-10(16)4-5-11(18)15(14)17)20-9-3-6-13(21-2)12(19)7-9/h3-8,20H,1-2H3. The number of ether oxygens (including phenoxy) is 1. The molecule has 0 saturated carbocycles. The minimum atomic E-state index is -0.550. The Balaban J connectivity index is 2.28. The molecular formula is C15H13Cl2F2NO. The highest BCUT2D eigenvalue weighted by Gasteiger charge is 2.17. The van der Waals surface area contributed by atoms with E-state index < -0.39 is 17.7 Å². The number of hydrogen-bond acceptors (Lipinski definition) is 2. The smallest absolute Gasteiger partial charge is 0.167 e. The molecule has 0 aliphatic rings. The van der Waals surface area contributed by atoms with Crippen molar-refractivity contribution in [2.45, 2.75) is 13.0 Å². The summed E-state index contributed by atoms with van der Waals surface area (Å²) in [5.74, 6) is -0.896. The molecule has 0 fully saturated rings. The molecule has 112 valence electrons. The summed E-state index contributed by atoms with van der Waals surface area (Å²) in [6.45, 7) is 1.76. The Hall–Kier alpha value is -1.52. The van der Waals surface area contributed by atoms with E-state index in [2.05, 4.69) is 5.32 Å². The van der Waals surface area contributed by atoms with Crippen LogP contribution in [0.25, 0.3) is 0 Å². The molecule has 0 aliphatic carbocycles. The molecule has 0 aromatic heterocycles. The van der Waals surface area contributed by atoms with E-state index in [1.165, 1.54) is 31.4 Å². The lowest BCUT2D eigenvalue weighted by atomic mass is 10.1. The van der Waals surface area contributed by atoms with Crippen molar-refractivity contribution in [3.05, 3.63) is 57.6 Å². The first kappa shape index (κ1) is 15.9. The van der Waals surface area contributed by atoms with Crippen molar-refractivity contribution in [3.8, 4) is 5.75 Å². The monoisotopic (exact) mass is 331 g/mol. The molecule has 0 saturated heterocycles. The van der Waals surface area contributed by atoms with Gasteiger partial charge in [-0.15, -0.1) is 0 Å². The first-order valence-electron chi connectivity index (χ1n) is 6.17. The van der Waals surface area contributed by atoms with Crippen molar-refractivity contribution in [3.63, 3.8) is 0 Å². The Bertz CT molecular complexity index is 664. The van der Waals surface area contributed by atoms with Crippen LogP contribution in [0.15, 0.2) is 30.3 Å². The van der Waals surface area contributed by atoms with E-state index in [4.69, 9.17) is 27.9 Å². The van der Waals surface area contributed by atoms with E-state index in [0.717, 1.165) is 0 Å². The van der Waals surface area contributed by atoms with Crippen molar-refractivity contribution in [2.75, 3.05) is 12.4 Å². The summed E-state index contributed by atoms with van der Waals surface area (Å²) in [7, 11) is 1.39. The Morgan fingerprint density at radius 2 is 1.81 bits per heavy atom. The largest absolute Gasteiger partial charge is 0.494 e. The normalized spacial score (nSPS) is 12.1. The van der Waals surface area contributed by atoms with Crippen LogP contribution in [0.5, 0.6) is 5.75 Å². The molecule has 0 spiro atoms. The highest BCUT2D eigenvalue weighted by atomic mass is 35.5. The maximum atomic E-state index is 13.6. The summed E-state index contributed by atoms with van der Waals surface area (Å²) in [5, 5.41) is 3.33. The zero-order valence-corrected chi connectivity index (χ0v) is 12.9. The first-order chi connectivity index (χ1) is 9.93. The van der Waals surface area contributed by atoms with Gasteiger partial charge in [0, 0.05) is 22.3 Å². The quantitative estimate of drug-likeness (QED) is 0.752. The number of hydrogen-bond donors (Lipinski definition) is 1. The van der Waals surface area contributed by atoms with Gasteiger partial charge in [-0.1, -0.05) is 23.2 Å². The molecule has 0 amide bonds. The number of anilines is 1. The van der Waals surface area contributed by atoms with Gasteiger partial charge in [-0.25, -0.2) is 8.78 Å². The Kier molecular flexibility index (Phi) is 4.91. The summed E-state index contributed by atoms with van der Waals surface area (Å²) in [5.41, 5.74) is 0.937. The van der Waals surface area contributed by atoms with E-state index >= 15 is 0 Å². The first-order valence-corrected chi connectivity index (χ1v) is 6.93. The summed E-state index contributed by atoms with van der Waals surface area (Å²) < 4.78 is 32.0. The topological polar surface area (TPSA) is 21.3 Å². The van der Waals surface area contributed by atoms with Crippen LogP contribution >= 0.6 is 23.2 Å². The average Bonchev–Trinajstić information content (AvgIpc) is 2.43. The summed E-state index contributed by atoms with van der Waals surface area (Å²) in [4.78, 5) is 0. The van der Waals surface area contributed by atoms with Gasteiger partial charge in [0.15, 0.2) is 11.6 Å². The zero-order valence-electron chi connectivity index (χ0n) is 11.4. The third-order valence-corrected chi connectivity index (χ3v) is 3.76. The second kappa shape index (κ2) is 6.50. The van der Waals surface area contributed by atoms with E-state index in [1.54, 1.807) is 13.0 Å². The maximum absolute atomic E-state index is 13.6. The van der Waals surface area contributed by atoms with E-state index in [0.29, 0.717) is 16.3 Å². The van der Waals surface area contributed by atoms with Gasteiger partial charge in [-0.2, -0.15) is 0 Å². The van der Waals surface area contributed by atoms with E-state index in [1.807, 2.05) is 0 Å². The van der Waals surface area contributed by atoms with Crippen LogP contribution in [0.2, 0.25) is 10.0 Å². The fourth-order valence-electron chi connectivity index (χ4n) is 2.02. The molecule has 2 nitrogen and oxygen atoms in total. The average molecular weight is 332 g/mol. The van der Waals surface area contributed by atoms with E-state index in [-0.39, 0.29) is 10.8 Å². The molecule has 21 heavy (non-hydrogen) atoms. The summed E-state index contributed by atoms with van der Waals surface area (Å²) in [6, 6.07) is 6.68. The molecule has 0 aliphatic heterocycles. The molecule has 0 bridgehead atoms. The maximum Gasteiger partial charge on any atom is 0.167 e. The van der Waals surface area contributed by atoms with Crippen LogP contribution < -0.4 is 10.1 Å². The molecule has 1 N–H and O–H groups in total. The predicted molar refractivity (Wildman–Crippen MR) is 81.4 cm³/mol. The van der Waals surface area contributed by atoms with Gasteiger partial charge in [0.05, 0.1) is 18.2 Å². The number of benzene rings is 2. The van der Waals surface area contributed by atoms with Crippen molar-refractivity contribution >= 4 is 28.9 Å². The lowest BCUT2D eigenvalue weighted by molar-refractivity contribution is 0.386. The summed E-state index contributed by atoms with van der Waals surface area (Å²) in [6.07, 6.45) is 0. The SMILES string of the molecule is COc1ccc(NC(C)c2c(Cl)ccc(F)c2Cl)cc1F. The molecule has 0 radical (unpaired) electrons. The molecule has 2 aromatic rings.